The van der Waals surface area contributed by atoms with Crippen molar-refractivity contribution in [3.63, 3.8) is 0 Å². The molecule has 3 rings (SSSR count). The second kappa shape index (κ2) is 5.82. The Kier molecular flexibility index (Phi) is 4.05. The number of aromatic nitrogens is 3. The summed E-state index contributed by atoms with van der Waals surface area (Å²) in [4.78, 5) is 3.74. The zero-order valence-electron chi connectivity index (χ0n) is 13.5. The zero-order chi connectivity index (χ0) is 18.4. The first kappa shape index (κ1) is 17.4. The fourth-order valence-corrected chi connectivity index (χ4v) is 2.57. The van der Waals surface area contributed by atoms with Crippen molar-refractivity contribution in [2.75, 3.05) is 0 Å². The van der Waals surface area contributed by atoms with Crippen molar-refractivity contribution >= 4 is 21.2 Å². The number of benzene rings is 1. The van der Waals surface area contributed by atoms with Gasteiger partial charge in [-0.3, -0.25) is 0 Å². The van der Waals surface area contributed by atoms with Crippen molar-refractivity contribution in [1.29, 1.82) is 0 Å². The Bertz CT molecular complexity index is 933. The molecule has 0 aliphatic carbocycles. The quantitative estimate of drug-likeness (QED) is 0.685. The number of imidazole rings is 1. The highest BCUT2D eigenvalue weighted by Crippen LogP contribution is 2.32. The van der Waals surface area contributed by atoms with Gasteiger partial charge in [0.05, 0.1) is 11.7 Å². The van der Waals surface area contributed by atoms with Crippen LogP contribution in [0.2, 0.25) is 0 Å². The highest BCUT2D eigenvalue weighted by molar-refractivity contribution is 6.37. The lowest BCUT2D eigenvalue weighted by Crippen LogP contribution is -2.31. The summed E-state index contributed by atoms with van der Waals surface area (Å²) < 4.78 is 46.5. The molecule has 0 saturated heterocycles. The summed E-state index contributed by atoms with van der Waals surface area (Å²) >= 11 is 0. The topological polar surface area (TPSA) is 39.4 Å². The van der Waals surface area contributed by atoms with Crippen molar-refractivity contribution in [1.82, 2.24) is 14.6 Å². The Hall–Kier alpha value is -2.44. The SMILES string of the molecule is [B]C([B])(F)Oc1ccc(-c2cnn3cnc(C(C)(F)F)c3c2)c(C)c1. The Balaban J connectivity index is 2.04. The number of halogens is 3. The van der Waals surface area contributed by atoms with E-state index in [-0.39, 0.29) is 17.0 Å². The third kappa shape index (κ3) is 3.65. The number of hydrogen-bond acceptors (Lipinski definition) is 3. The molecule has 2 aromatic heterocycles. The second-order valence-electron chi connectivity index (χ2n) is 5.83. The summed E-state index contributed by atoms with van der Waals surface area (Å²) in [7, 11) is 9.95. The predicted molar refractivity (Wildman–Crippen MR) is 88.7 cm³/mol. The molecule has 25 heavy (non-hydrogen) atoms. The summed E-state index contributed by atoms with van der Waals surface area (Å²) in [6.45, 7) is 2.54. The monoisotopic (exact) mass is 341 g/mol. The van der Waals surface area contributed by atoms with Gasteiger partial charge >= 0.3 is 0 Å². The molecule has 0 saturated carbocycles. The number of rotatable bonds is 4. The van der Waals surface area contributed by atoms with Crippen LogP contribution >= 0.6 is 0 Å². The molecule has 2 heterocycles. The lowest BCUT2D eigenvalue weighted by molar-refractivity contribution is 0.0148. The number of nitrogens with zero attached hydrogens (tertiary/aromatic N) is 3. The van der Waals surface area contributed by atoms with Gasteiger partial charge in [-0.05, 0) is 36.2 Å². The third-order valence-corrected chi connectivity index (χ3v) is 3.60. The summed E-state index contributed by atoms with van der Waals surface area (Å²) in [5.74, 6) is -2.94. The molecule has 9 heteroatoms. The number of fused-ring (bicyclic) bond motifs is 1. The zero-order valence-corrected chi connectivity index (χ0v) is 13.5. The largest absolute Gasteiger partial charge is 0.476 e. The molecule has 0 aliphatic heterocycles. The average Bonchev–Trinajstić information content (AvgIpc) is 2.88. The summed E-state index contributed by atoms with van der Waals surface area (Å²) in [6, 6.07) is 6.23. The van der Waals surface area contributed by atoms with E-state index in [1.807, 2.05) is 0 Å². The highest BCUT2D eigenvalue weighted by Gasteiger charge is 2.30. The summed E-state index contributed by atoms with van der Waals surface area (Å²) in [6.07, 6.45) is 2.76. The Morgan fingerprint density at radius 1 is 1.16 bits per heavy atom. The summed E-state index contributed by atoms with van der Waals surface area (Å²) in [5.41, 5.74) is -0.906. The van der Waals surface area contributed by atoms with Crippen LogP contribution in [-0.4, -0.2) is 35.9 Å². The minimum atomic E-state index is -3.09. The number of ether oxygens (including phenoxy) is 1. The van der Waals surface area contributed by atoms with Crippen molar-refractivity contribution in [3.8, 4) is 16.9 Å². The van der Waals surface area contributed by atoms with Gasteiger partial charge in [-0.1, -0.05) is 6.07 Å². The molecular formula is C16H12B2F3N3O. The Morgan fingerprint density at radius 3 is 2.48 bits per heavy atom. The van der Waals surface area contributed by atoms with Crippen molar-refractivity contribution in [2.24, 2.45) is 0 Å². The molecular weight excluding hydrogens is 329 g/mol. The standard InChI is InChI=1S/C16H12B2F3N3O/c1-9-5-11(25-16(17,18)21)3-4-12(9)10-6-13-14(15(2,19)20)22-8-24(13)23-7-10/h3-8H,1-2H3. The first-order valence-corrected chi connectivity index (χ1v) is 7.33. The molecule has 4 radical (unpaired) electrons. The fourth-order valence-electron chi connectivity index (χ4n) is 2.57. The maximum absolute atomic E-state index is 13.7. The van der Waals surface area contributed by atoms with Crippen molar-refractivity contribution < 1.29 is 17.9 Å². The molecule has 0 aliphatic rings. The maximum Gasteiger partial charge on any atom is 0.289 e. The van der Waals surface area contributed by atoms with Crippen LogP contribution in [0.25, 0.3) is 16.6 Å². The minimum absolute atomic E-state index is 0.146. The Labute approximate surface area is 144 Å². The van der Waals surface area contributed by atoms with Crippen LogP contribution in [-0.2, 0) is 5.92 Å². The molecule has 0 fully saturated rings. The van der Waals surface area contributed by atoms with E-state index >= 15 is 0 Å². The van der Waals surface area contributed by atoms with Gasteiger partial charge in [-0.25, -0.2) is 13.9 Å². The van der Waals surface area contributed by atoms with Gasteiger partial charge in [0.2, 0.25) is 0 Å². The number of hydrogen-bond donors (Lipinski definition) is 0. The van der Waals surface area contributed by atoms with Crippen molar-refractivity contribution in [2.45, 2.75) is 25.4 Å². The lowest BCUT2D eigenvalue weighted by Gasteiger charge is -2.19. The average molecular weight is 341 g/mol. The molecule has 0 atom stereocenters. The third-order valence-electron chi connectivity index (χ3n) is 3.60. The van der Waals surface area contributed by atoms with E-state index in [0.717, 1.165) is 6.92 Å². The van der Waals surface area contributed by atoms with Gasteiger partial charge in [-0.15, -0.1) is 0 Å². The molecule has 124 valence electrons. The molecule has 3 aromatic rings. The van der Waals surface area contributed by atoms with Crippen LogP contribution in [0.15, 0.2) is 36.8 Å². The van der Waals surface area contributed by atoms with E-state index in [4.69, 9.17) is 20.4 Å². The van der Waals surface area contributed by atoms with Crippen LogP contribution in [0, 0.1) is 6.92 Å². The predicted octanol–water partition coefficient (Wildman–Crippen LogP) is 3.11. The molecule has 4 nitrogen and oxygen atoms in total. The van der Waals surface area contributed by atoms with Crippen molar-refractivity contribution in [3.05, 3.63) is 48.0 Å². The lowest BCUT2D eigenvalue weighted by atomic mass is 9.78. The second-order valence-corrected chi connectivity index (χ2v) is 5.83. The molecule has 1 aromatic carbocycles. The minimum Gasteiger partial charge on any atom is -0.476 e. The Morgan fingerprint density at radius 2 is 1.88 bits per heavy atom. The van der Waals surface area contributed by atoms with Gasteiger partial charge in [0.25, 0.3) is 5.92 Å². The smallest absolute Gasteiger partial charge is 0.289 e. The van der Waals surface area contributed by atoms with E-state index in [1.54, 1.807) is 25.1 Å². The first-order chi connectivity index (χ1) is 11.5. The summed E-state index contributed by atoms with van der Waals surface area (Å²) in [5, 5.41) is 4.10. The molecule has 0 spiro atoms. The van der Waals surface area contributed by atoms with Gasteiger partial charge in [0.15, 0.2) is 21.3 Å². The van der Waals surface area contributed by atoms with Gasteiger partial charge in [0.1, 0.15) is 17.8 Å². The van der Waals surface area contributed by atoms with Crippen LogP contribution in [0.5, 0.6) is 5.75 Å². The normalized spacial score (nSPS) is 12.5. The van der Waals surface area contributed by atoms with E-state index in [9.17, 15) is 13.2 Å². The highest BCUT2D eigenvalue weighted by atomic mass is 19.3. The van der Waals surface area contributed by atoms with E-state index in [0.29, 0.717) is 16.7 Å². The van der Waals surface area contributed by atoms with Crippen LogP contribution in [0.1, 0.15) is 18.2 Å². The van der Waals surface area contributed by atoms with Gasteiger partial charge in [0, 0.05) is 12.5 Å². The fraction of sp³-hybridized carbons (Fsp3) is 0.250. The molecule has 0 amide bonds. The van der Waals surface area contributed by atoms with Crippen LogP contribution < -0.4 is 4.74 Å². The van der Waals surface area contributed by atoms with E-state index < -0.39 is 11.6 Å². The molecule has 0 bridgehead atoms. The van der Waals surface area contributed by atoms with Gasteiger partial charge in [-0.2, -0.15) is 13.9 Å². The van der Waals surface area contributed by atoms with E-state index in [1.165, 1.54) is 23.1 Å². The van der Waals surface area contributed by atoms with Gasteiger partial charge < -0.3 is 4.74 Å². The number of alkyl halides is 3. The van der Waals surface area contributed by atoms with Crippen LogP contribution in [0.4, 0.5) is 13.2 Å². The van der Waals surface area contributed by atoms with Crippen LogP contribution in [0.3, 0.4) is 0 Å². The first-order valence-electron chi connectivity index (χ1n) is 7.33. The molecule has 0 N–H and O–H groups in total. The molecule has 0 unspecified atom stereocenters. The van der Waals surface area contributed by atoms with E-state index in [2.05, 4.69) is 10.1 Å². The maximum atomic E-state index is 13.7. The number of aryl methyl sites for hydroxylation is 1.